The molecular formula is C25H21ClN2O4S2. The summed E-state index contributed by atoms with van der Waals surface area (Å²) in [6.07, 6.45) is 0.145. The molecule has 2 aliphatic heterocycles. The van der Waals surface area contributed by atoms with Crippen LogP contribution in [0, 0.1) is 0 Å². The number of aliphatic imine (C=N–C) groups is 1. The van der Waals surface area contributed by atoms with Crippen LogP contribution in [0.1, 0.15) is 5.56 Å². The van der Waals surface area contributed by atoms with Crippen LogP contribution in [-0.4, -0.2) is 42.3 Å². The summed E-state index contributed by atoms with van der Waals surface area (Å²) in [5.74, 6) is 1.22. The van der Waals surface area contributed by atoms with E-state index in [1.165, 1.54) is 11.8 Å². The summed E-state index contributed by atoms with van der Waals surface area (Å²) in [7, 11) is -3.14. The highest BCUT2D eigenvalue weighted by Gasteiger charge is 2.49. The lowest BCUT2D eigenvalue weighted by Gasteiger charge is -2.24. The number of carbonyl (C=O) groups excluding carboxylic acids is 1. The van der Waals surface area contributed by atoms with Gasteiger partial charge in [0.25, 0.3) is 5.91 Å². The molecule has 0 bridgehead atoms. The normalized spacial score (nSPS) is 22.0. The SMILES string of the molecule is O=C(Cc1ccc(Cl)cc1)N=C1S[C@H]2CS(=O)(=O)C[C@@H]2N1c1ccc(Oc2ccccc2)cc1. The lowest BCUT2D eigenvalue weighted by atomic mass is 10.1. The van der Waals surface area contributed by atoms with Gasteiger partial charge in [0.05, 0.1) is 24.0 Å². The van der Waals surface area contributed by atoms with Gasteiger partial charge < -0.3 is 9.64 Å². The first-order chi connectivity index (χ1) is 16.4. The fraction of sp³-hybridized carbons (Fsp3) is 0.200. The van der Waals surface area contributed by atoms with Gasteiger partial charge in [-0.15, -0.1) is 0 Å². The molecule has 1 amide bonds. The fourth-order valence-electron chi connectivity index (χ4n) is 4.09. The molecule has 2 saturated heterocycles. The summed E-state index contributed by atoms with van der Waals surface area (Å²) in [6, 6.07) is 23.7. The minimum atomic E-state index is -3.14. The third-order valence-corrected chi connectivity index (χ3v) is 9.11. The van der Waals surface area contributed by atoms with Gasteiger partial charge in [-0.2, -0.15) is 4.99 Å². The van der Waals surface area contributed by atoms with Gasteiger partial charge in [-0.3, -0.25) is 4.79 Å². The second kappa shape index (κ2) is 9.44. The first kappa shape index (κ1) is 23.0. The Kier molecular flexibility index (Phi) is 6.38. The van der Waals surface area contributed by atoms with E-state index in [2.05, 4.69) is 4.99 Å². The van der Waals surface area contributed by atoms with Gasteiger partial charge >= 0.3 is 0 Å². The zero-order chi connectivity index (χ0) is 23.7. The summed E-state index contributed by atoms with van der Waals surface area (Å²) in [4.78, 5) is 19.0. The number of sulfone groups is 1. The topological polar surface area (TPSA) is 76.0 Å². The first-order valence-electron chi connectivity index (χ1n) is 10.7. The molecule has 2 fully saturated rings. The summed E-state index contributed by atoms with van der Waals surface area (Å²) in [5.41, 5.74) is 1.59. The number of carbonyl (C=O) groups is 1. The Morgan fingerprint density at radius 2 is 1.65 bits per heavy atom. The predicted octanol–water partition coefficient (Wildman–Crippen LogP) is 4.98. The summed E-state index contributed by atoms with van der Waals surface area (Å²) in [6.45, 7) is 0. The van der Waals surface area contributed by atoms with E-state index in [0.29, 0.717) is 15.9 Å². The van der Waals surface area contributed by atoms with E-state index < -0.39 is 9.84 Å². The van der Waals surface area contributed by atoms with E-state index in [4.69, 9.17) is 16.3 Å². The van der Waals surface area contributed by atoms with Crippen LogP contribution >= 0.6 is 23.4 Å². The van der Waals surface area contributed by atoms with E-state index in [-0.39, 0.29) is 35.1 Å². The van der Waals surface area contributed by atoms with Crippen molar-refractivity contribution in [3.8, 4) is 11.5 Å². The zero-order valence-electron chi connectivity index (χ0n) is 18.0. The number of ether oxygens (including phenoxy) is 1. The molecule has 34 heavy (non-hydrogen) atoms. The lowest BCUT2D eigenvalue weighted by molar-refractivity contribution is -0.117. The van der Waals surface area contributed by atoms with Crippen molar-refractivity contribution in [1.82, 2.24) is 0 Å². The van der Waals surface area contributed by atoms with Crippen LogP contribution in [0.25, 0.3) is 0 Å². The molecule has 2 aliphatic rings. The molecule has 0 N–H and O–H groups in total. The third kappa shape index (κ3) is 5.14. The minimum absolute atomic E-state index is 0.0390. The highest BCUT2D eigenvalue weighted by atomic mass is 35.5. The van der Waals surface area contributed by atoms with Gasteiger partial charge in [0, 0.05) is 16.0 Å². The molecule has 0 aromatic heterocycles. The van der Waals surface area contributed by atoms with Crippen LogP contribution in [-0.2, 0) is 21.1 Å². The Morgan fingerprint density at radius 1 is 0.971 bits per heavy atom. The molecule has 2 heterocycles. The van der Waals surface area contributed by atoms with Gasteiger partial charge in [0.2, 0.25) is 0 Å². The van der Waals surface area contributed by atoms with E-state index in [1.807, 2.05) is 59.5 Å². The fourth-order valence-corrected chi connectivity index (χ4v) is 8.15. The number of para-hydroxylation sites is 1. The van der Waals surface area contributed by atoms with E-state index in [1.54, 1.807) is 24.3 Å². The van der Waals surface area contributed by atoms with Crippen LogP contribution in [0.3, 0.4) is 0 Å². The molecular weight excluding hydrogens is 492 g/mol. The minimum Gasteiger partial charge on any atom is -0.457 e. The number of thioether (sulfide) groups is 1. The predicted molar refractivity (Wildman–Crippen MR) is 137 cm³/mol. The van der Waals surface area contributed by atoms with Gasteiger partial charge in [0.1, 0.15) is 11.5 Å². The third-order valence-electron chi connectivity index (χ3n) is 5.65. The van der Waals surface area contributed by atoms with Gasteiger partial charge in [-0.25, -0.2) is 8.42 Å². The van der Waals surface area contributed by atoms with E-state index >= 15 is 0 Å². The van der Waals surface area contributed by atoms with E-state index in [0.717, 1.165) is 17.0 Å². The molecule has 3 aromatic carbocycles. The second-order valence-corrected chi connectivity index (χ2v) is 12.0. The van der Waals surface area contributed by atoms with Gasteiger partial charge in [-0.05, 0) is 54.1 Å². The van der Waals surface area contributed by atoms with Crippen LogP contribution < -0.4 is 9.64 Å². The molecule has 9 heteroatoms. The van der Waals surface area contributed by atoms with Crippen molar-refractivity contribution in [2.75, 3.05) is 16.4 Å². The molecule has 5 rings (SSSR count). The molecule has 6 nitrogen and oxygen atoms in total. The van der Waals surface area contributed by atoms with Crippen molar-refractivity contribution in [3.05, 3.63) is 89.4 Å². The van der Waals surface area contributed by atoms with Crippen molar-refractivity contribution in [2.45, 2.75) is 17.7 Å². The van der Waals surface area contributed by atoms with Crippen molar-refractivity contribution >= 4 is 50.0 Å². The monoisotopic (exact) mass is 512 g/mol. The van der Waals surface area contributed by atoms with Crippen molar-refractivity contribution < 1.29 is 17.9 Å². The quantitative estimate of drug-likeness (QED) is 0.480. The van der Waals surface area contributed by atoms with Crippen LogP contribution in [0.2, 0.25) is 5.02 Å². The first-order valence-corrected chi connectivity index (χ1v) is 13.8. The van der Waals surface area contributed by atoms with Crippen LogP contribution in [0.15, 0.2) is 83.9 Å². The van der Waals surface area contributed by atoms with Gasteiger partial charge in [0.15, 0.2) is 15.0 Å². The second-order valence-electron chi connectivity index (χ2n) is 8.17. The largest absolute Gasteiger partial charge is 0.457 e. The molecule has 3 aromatic rings. The molecule has 174 valence electrons. The number of amides is 1. The lowest BCUT2D eigenvalue weighted by Crippen LogP contribution is -2.37. The molecule has 2 atom stereocenters. The van der Waals surface area contributed by atoms with Crippen molar-refractivity contribution in [2.24, 2.45) is 4.99 Å². The smallest absolute Gasteiger partial charge is 0.252 e. The standard InChI is InChI=1S/C25H21ClN2O4S2/c26-18-8-6-17(7-9-18)14-24(29)27-25-28(22-15-34(30,31)16-23(22)33-25)19-10-12-21(13-11-19)32-20-4-2-1-3-5-20/h1-13,22-23H,14-16H2/t22-,23-/m0/s1. The molecule has 0 saturated carbocycles. The average Bonchev–Trinajstić information content (AvgIpc) is 3.27. The molecule has 0 unspecified atom stereocenters. The van der Waals surface area contributed by atoms with E-state index in [9.17, 15) is 13.2 Å². The number of hydrogen-bond donors (Lipinski definition) is 0. The molecule has 0 aliphatic carbocycles. The van der Waals surface area contributed by atoms with Crippen molar-refractivity contribution in [1.29, 1.82) is 0 Å². The highest BCUT2D eigenvalue weighted by molar-refractivity contribution is 8.16. The number of hydrogen-bond acceptors (Lipinski definition) is 5. The number of fused-ring (bicyclic) bond motifs is 1. The summed E-state index contributed by atoms with van der Waals surface area (Å²) >= 11 is 7.28. The van der Waals surface area contributed by atoms with Crippen molar-refractivity contribution in [3.63, 3.8) is 0 Å². The number of amidine groups is 1. The number of halogens is 1. The number of rotatable bonds is 5. The average molecular weight is 513 g/mol. The molecule has 0 radical (unpaired) electrons. The maximum Gasteiger partial charge on any atom is 0.252 e. The highest BCUT2D eigenvalue weighted by Crippen LogP contribution is 2.41. The molecule has 0 spiro atoms. The van der Waals surface area contributed by atoms with Crippen LogP contribution in [0.5, 0.6) is 11.5 Å². The zero-order valence-corrected chi connectivity index (χ0v) is 20.4. The number of anilines is 1. The number of nitrogens with zero attached hydrogens (tertiary/aromatic N) is 2. The maximum atomic E-state index is 12.7. The Labute approximate surface area is 207 Å². The van der Waals surface area contributed by atoms with Crippen LogP contribution in [0.4, 0.5) is 5.69 Å². The van der Waals surface area contributed by atoms with Gasteiger partial charge in [-0.1, -0.05) is 53.7 Å². The maximum absolute atomic E-state index is 12.7. The Bertz CT molecular complexity index is 1330. The number of benzene rings is 3. The Balaban J connectivity index is 1.40. The summed E-state index contributed by atoms with van der Waals surface area (Å²) in [5, 5.41) is 0.974. The Hall–Kier alpha value is -2.81. The summed E-state index contributed by atoms with van der Waals surface area (Å²) < 4.78 is 30.5. The Morgan fingerprint density at radius 3 is 2.35 bits per heavy atom.